The van der Waals surface area contributed by atoms with Crippen LogP contribution in [0, 0.1) is 13.8 Å². The Morgan fingerprint density at radius 1 is 0.958 bits per heavy atom. The average Bonchev–Trinajstić information content (AvgIpc) is 2.59. The van der Waals surface area contributed by atoms with E-state index in [1.807, 2.05) is 69.3 Å². The number of aryl methyl sites for hydroxylation is 2. The van der Waals surface area contributed by atoms with E-state index in [0.29, 0.717) is 25.3 Å². The fourth-order valence-corrected chi connectivity index (χ4v) is 2.19. The molecule has 0 bridgehead atoms. The molecule has 24 heavy (non-hydrogen) atoms. The molecule has 4 heteroatoms. The van der Waals surface area contributed by atoms with Gasteiger partial charge < -0.3 is 14.8 Å². The molecule has 1 amide bonds. The van der Waals surface area contributed by atoms with Gasteiger partial charge in [-0.2, -0.15) is 0 Å². The van der Waals surface area contributed by atoms with Crippen molar-refractivity contribution in [1.29, 1.82) is 0 Å². The minimum absolute atomic E-state index is 0.120. The van der Waals surface area contributed by atoms with Crippen molar-refractivity contribution in [3.05, 3.63) is 59.7 Å². The Bertz CT molecular complexity index is 635. The van der Waals surface area contributed by atoms with Crippen molar-refractivity contribution in [1.82, 2.24) is 5.32 Å². The van der Waals surface area contributed by atoms with Gasteiger partial charge in [-0.25, -0.2) is 0 Å². The zero-order chi connectivity index (χ0) is 17.4. The average molecular weight is 327 g/mol. The molecule has 0 spiro atoms. The van der Waals surface area contributed by atoms with Gasteiger partial charge in [0.15, 0.2) is 6.10 Å². The summed E-state index contributed by atoms with van der Waals surface area (Å²) in [6, 6.07) is 15.5. The summed E-state index contributed by atoms with van der Waals surface area (Å²) < 4.78 is 11.4. The number of rotatable bonds is 8. The highest BCUT2D eigenvalue weighted by Crippen LogP contribution is 2.15. The first-order chi connectivity index (χ1) is 11.6. The Hall–Kier alpha value is -2.49. The van der Waals surface area contributed by atoms with E-state index in [1.54, 1.807) is 0 Å². The molecule has 2 aromatic carbocycles. The third-order valence-electron chi connectivity index (χ3n) is 3.65. The van der Waals surface area contributed by atoms with Crippen LogP contribution in [-0.4, -0.2) is 25.2 Å². The van der Waals surface area contributed by atoms with E-state index in [1.165, 1.54) is 5.56 Å². The number of nitrogens with one attached hydrogen (secondary N) is 1. The number of ether oxygens (including phenoxy) is 2. The van der Waals surface area contributed by atoms with Crippen molar-refractivity contribution in [2.24, 2.45) is 0 Å². The second-order valence-corrected chi connectivity index (χ2v) is 5.78. The standard InChI is InChI=1S/C20H25NO3/c1-4-19(24-18-11-7-16(3)8-12-18)20(22)21-13-14-23-17-9-5-15(2)6-10-17/h5-12,19H,4,13-14H2,1-3H3,(H,21,22)/t19-/m0/s1. The molecule has 0 saturated heterocycles. The molecular formula is C20H25NO3. The molecule has 0 fully saturated rings. The number of hydrogen-bond acceptors (Lipinski definition) is 3. The lowest BCUT2D eigenvalue weighted by Gasteiger charge is -2.17. The molecule has 0 aliphatic rings. The maximum atomic E-state index is 12.2. The highest BCUT2D eigenvalue weighted by Gasteiger charge is 2.17. The predicted molar refractivity (Wildman–Crippen MR) is 95.6 cm³/mol. The molecule has 2 rings (SSSR count). The summed E-state index contributed by atoms with van der Waals surface area (Å²) in [5, 5.41) is 2.86. The Morgan fingerprint density at radius 2 is 1.50 bits per heavy atom. The van der Waals surface area contributed by atoms with Crippen LogP contribution < -0.4 is 14.8 Å². The van der Waals surface area contributed by atoms with Crippen molar-refractivity contribution >= 4 is 5.91 Å². The molecule has 0 unspecified atom stereocenters. The second kappa shape index (κ2) is 8.96. The summed E-state index contributed by atoms with van der Waals surface area (Å²) in [7, 11) is 0. The van der Waals surface area contributed by atoms with Crippen LogP contribution in [0.15, 0.2) is 48.5 Å². The quantitative estimate of drug-likeness (QED) is 0.753. The van der Waals surface area contributed by atoms with Gasteiger partial charge in [-0.3, -0.25) is 4.79 Å². The van der Waals surface area contributed by atoms with Crippen LogP contribution in [-0.2, 0) is 4.79 Å². The van der Waals surface area contributed by atoms with E-state index in [4.69, 9.17) is 9.47 Å². The fourth-order valence-electron chi connectivity index (χ4n) is 2.19. The fraction of sp³-hybridized carbons (Fsp3) is 0.350. The summed E-state index contributed by atoms with van der Waals surface area (Å²) in [4.78, 5) is 12.2. The van der Waals surface area contributed by atoms with E-state index in [0.717, 1.165) is 11.3 Å². The number of carbonyl (C=O) groups is 1. The Kier molecular flexibility index (Phi) is 6.67. The van der Waals surface area contributed by atoms with Crippen LogP contribution in [0.4, 0.5) is 0 Å². The molecule has 0 aliphatic heterocycles. The van der Waals surface area contributed by atoms with Gasteiger partial charge in [0.25, 0.3) is 5.91 Å². The van der Waals surface area contributed by atoms with Crippen molar-refractivity contribution in [2.45, 2.75) is 33.3 Å². The molecular weight excluding hydrogens is 302 g/mol. The lowest BCUT2D eigenvalue weighted by atomic mass is 10.2. The normalized spacial score (nSPS) is 11.6. The topological polar surface area (TPSA) is 47.6 Å². The van der Waals surface area contributed by atoms with E-state index in [9.17, 15) is 4.79 Å². The molecule has 0 radical (unpaired) electrons. The van der Waals surface area contributed by atoms with Crippen molar-refractivity contribution in [3.63, 3.8) is 0 Å². The molecule has 0 saturated carbocycles. The Balaban J connectivity index is 1.75. The maximum Gasteiger partial charge on any atom is 0.261 e. The van der Waals surface area contributed by atoms with E-state index in [-0.39, 0.29) is 5.91 Å². The van der Waals surface area contributed by atoms with Crippen LogP contribution >= 0.6 is 0 Å². The zero-order valence-electron chi connectivity index (χ0n) is 14.5. The van der Waals surface area contributed by atoms with Crippen LogP contribution in [0.3, 0.4) is 0 Å². The molecule has 4 nitrogen and oxygen atoms in total. The molecule has 1 N–H and O–H groups in total. The summed E-state index contributed by atoms with van der Waals surface area (Å²) in [6.07, 6.45) is 0.116. The van der Waals surface area contributed by atoms with Gasteiger partial charge in [0.05, 0.1) is 6.54 Å². The van der Waals surface area contributed by atoms with E-state index in [2.05, 4.69) is 5.32 Å². The molecule has 2 aromatic rings. The van der Waals surface area contributed by atoms with Crippen LogP contribution in [0.25, 0.3) is 0 Å². The lowest BCUT2D eigenvalue weighted by Crippen LogP contribution is -2.39. The first-order valence-electron chi connectivity index (χ1n) is 8.29. The van der Waals surface area contributed by atoms with Gasteiger partial charge in [-0.15, -0.1) is 0 Å². The number of benzene rings is 2. The maximum absolute atomic E-state index is 12.2. The predicted octanol–water partition coefficient (Wildman–Crippen LogP) is 3.66. The highest BCUT2D eigenvalue weighted by atomic mass is 16.5. The van der Waals surface area contributed by atoms with Gasteiger partial charge in [0.1, 0.15) is 18.1 Å². The monoisotopic (exact) mass is 327 g/mol. The SMILES string of the molecule is CC[C@H](Oc1ccc(C)cc1)C(=O)NCCOc1ccc(C)cc1. The van der Waals surface area contributed by atoms with E-state index < -0.39 is 6.10 Å². The minimum atomic E-state index is -0.493. The third-order valence-corrected chi connectivity index (χ3v) is 3.65. The van der Waals surface area contributed by atoms with Crippen LogP contribution in [0.1, 0.15) is 24.5 Å². The Morgan fingerprint density at radius 3 is 2.04 bits per heavy atom. The van der Waals surface area contributed by atoms with Crippen molar-refractivity contribution < 1.29 is 14.3 Å². The molecule has 128 valence electrons. The molecule has 0 heterocycles. The lowest BCUT2D eigenvalue weighted by molar-refractivity contribution is -0.128. The first-order valence-corrected chi connectivity index (χ1v) is 8.29. The molecule has 0 aromatic heterocycles. The summed E-state index contributed by atoms with van der Waals surface area (Å²) in [5.41, 5.74) is 2.35. The number of hydrogen-bond donors (Lipinski definition) is 1. The van der Waals surface area contributed by atoms with E-state index >= 15 is 0 Å². The van der Waals surface area contributed by atoms with Crippen molar-refractivity contribution in [3.8, 4) is 11.5 Å². The highest BCUT2D eigenvalue weighted by molar-refractivity contribution is 5.81. The van der Waals surface area contributed by atoms with Gasteiger partial charge in [-0.1, -0.05) is 42.3 Å². The molecule has 1 atom stereocenters. The smallest absolute Gasteiger partial charge is 0.261 e. The summed E-state index contributed by atoms with van der Waals surface area (Å²) >= 11 is 0. The number of carbonyl (C=O) groups excluding carboxylic acids is 1. The molecule has 0 aliphatic carbocycles. The van der Waals surface area contributed by atoms with Gasteiger partial charge >= 0.3 is 0 Å². The zero-order valence-corrected chi connectivity index (χ0v) is 14.5. The first kappa shape index (κ1) is 17.9. The Labute approximate surface area is 143 Å². The van der Waals surface area contributed by atoms with Gasteiger partial charge in [-0.05, 0) is 44.5 Å². The van der Waals surface area contributed by atoms with Crippen LogP contribution in [0.2, 0.25) is 0 Å². The van der Waals surface area contributed by atoms with Crippen molar-refractivity contribution in [2.75, 3.05) is 13.2 Å². The van der Waals surface area contributed by atoms with Gasteiger partial charge in [0.2, 0.25) is 0 Å². The second-order valence-electron chi connectivity index (χ2n) is 5.78. The third kappa shape index (κ3) is 5.61. The minimum Gasteiger partial charge on any atom is -0.492 e. The largest absolute Gasteiger partial charge is 0.492 e. The van der Waals surface area contributed by atoms with Crippen LogP contribution in [0.5, 0.6) is 11.5 Å². The summed E-state index contributed by atoms with van der Waals surface area (Å²) in [6.45, 7) is 6.85. The number of amides is 1. The van der Waals surface area contributed by atoms with Gasteiger partial charge in [0, 0.05) is 0 Å². The summed E-state index contributed by atoms with van der Waals surface area (Å²) in [5.74, 6) is 1.39.